The van der Waals surface area contributed by atoms with Crippen LogP contribution in [0.15, 0.2) is 48.5 Å². The number of methoxy groups -OCH3 is 2. The lowest BCUT2D eigenvalue weighted by atomic mass is 10.0. The Morgan fingerprint density at radius 2 is 1.73 bits per heavy atom. The maximum absolute atomic E-state index is 5.74. The lowest BCUT2D eigenvalue weighted by Gasteiger charge is -2.37. The van der Waals surface area contributed by atoms with E-state index in [1.165, 1.54) is 0 Å². The van der Waals surface area contributed by atoms with Crippen molar-refractivity contribution in [2.45, 2.75) is 12.6 Å². The Bertz CT molecular complexity index is 953. The number of hydrogen-bond donors (Lipinski definition) is 0. The van der Waals surface area contributed by atoms with Gasteiger partial charge < -0.3 is 14.4 Å². The predicted molar refractivity (Wildman–Crippen MR) is 114 cm³/mol. The third kappa shape index (κ3) is 4.29. The van der Waals surface area contributed by atoms with Crippen LogP contribution < -0.4 is 9.47 Å². The Kier molecular flexibility index (Phi) is 6.25. The topological polar surface area (TPSA) is 68.5 Å². The van der Waals surface area contributed by atoms with Gasteiger partial charge in [0.2, 0.25) is 0 Å². The minimum Gasteiger partial charge on any atom is -0.497 e. The zero-order chi connectivity index (χ0) is 20.9. The Morgan fingerprint density at radius 3 is 2.43 bits per heavy atom. The summed E-state index contributed by atoms with van der Waals surface area (Å²) in [4.78, 5) is 4.77. The van der Waals surface area contributed by atoms with Gasteiger partial charge in [-0.05, 0) is 35.2 Å². The molecule has 1 saturated heterocycles. The first-order valence-electron chi connectivity index (χ1n) is 10.1. The van der Waals surface area contributed by atoms with Crippen LogP contribution in [0.3, 0.4) is 0 Å². The molecule has 1 atom stereocenters. The van der Waals surface area contributed by atoms with Crippen LogP contribution in [0.2, 0.25) is 0 Å². The van der Waals surface area contributed by atoms with Crippen molar-refractivity contribution in [3.63, 3.8) is 0 Å². The molecule has 8 nitrogen and oxygen atoms in total. The van der Waals surface area contributed by atoms with E-state index in [1.54, 1.807) is 14.2 Å². The highest BCUT2D eigenvalue weighted by molar-refractivity contribution is 5.44. The number of ether oxygens (including phenoxy) is 2. The van der Waals surface area contributed by atoms with Gasteiger partial charge in [0, 0.05) is 37.8 Å². The molecule has 1 aliphatic heterocycles. The summed E-state index contributed by atoms with van der Waals surface area (Å²) >= 11 is 0. The molecule has 0 N–H and O–H groups in total. The molecule has 0 unspecified atom stereocenters. The van der Waals surface area contributed by atoms with Crippen LogP contribution in [-0.2, 0) is 6.54 Å². The lowest BCUT2D eigenvalue weighted by molar-refractivity contribution is 0.120. The summed E-state index contributed by atoms with van der Waals surface area (Å²) < 4.78 is 13.0. The number of likely N-dealkylation sites (N-methyl/N-ethyl adjacent to an activating group) is 1. The second-order valence-electron chi connectivity index (χ2n) is 7.53. The summed E-state index contributed by atoms with van der Waals surface area (Å²) in [5.74, 6) is 2.34. The van der Waals surface area contributed by atoms with Gasteiger partial charge in [-0.2, -0.15) is 0 Å². The smallest absolute Gasteiger partial charge is 0.173 e. The Balaban J connectivity index is 1.75. The first kappa shape index (κ1) is 20.3. The second kappa shape index (κ2) is 9.23. The standard InChI is InChI=1S/C22H28N6O2/c1-26-11-13-27(14-12-26)21(19-10-9-18(29-2)15-20(19)30-3)22-23-24-25-28(22)16-17-7-5-4-6-8-17/h4-10,15,21H,11-14,16H2,1-3H3/t21-/m0/s1. The molecule has 3 aromatic rings. The molecular formula is C22H28N6O2. The minimum absolute atomic E-state index is 0.113. The Labute approximate surface area is 177 Å². The quantitative estimate of drug-likeness (QED) is 0.593. The van der Waals surface area contributed by atoms with Crippen molar-refractivity contribution < 1.29 is 9.47 Å². The van der Waals surface area contributed by atoms with E-state index in [0.717, 1.165) is 54.6 Å². The normalized spacial score (nSPS) is 16.4. The van der Waals surface area contributed by atoms with Crippen molar-refractivity contribution in [3.05, 3.63) is 65.5 Å². The van der Waals surface area contributed by atoms with Crippen LogP contribution in [0.4, 0.5) is 0 Å². The molecule has 4 rings (SSSR count). The highest BCUT2D eigenvalue weighted by Crippen LogP contribution is 2.36. The third-order valence-electron chi connectivity index (χ3n) is 5.62. The van der Waals surface area contributed by atoms with E-state index in [2.05, 4.69) is 50.6 Å². The van der Waals surface area contributed by atoms with Gasteiger partial charge in [0.1, 0.15) is 17.5 Å². The predicted octanol–water partition coefficient (Wildman–Crippen LogP) is 2.08. The van der Waals surface area contributed by atoms with E-state index in [9.17, 15) is 0 Å². The average Bonchev–Trinajstić information content (AvgIpc) is 3.23. The highest BCUT2D eigenvalue weighted by Gasteiger charge is 2.32. The van der Waals surface area contributed by atoms with Gasteiger partial charge in [-0.25, -0.2) is 4.68 Å². The fraction of sp³-hybridized carbons (Fsp3) is 0.409. The van der Waals surface area contributed by atoms with E-state index in [0.29, 0.717) is 6.54 Å². The zero-order valence-corrected chi connectivity index (χ0v) is 17.7. The maximum Gasteiger partial charge on any atom is 0.173 e. The van der Waals surface area contributed by atoms with Crippen LogP contribution >= 0.6 is 0 Å². The molecule has 0 bridgehead atoms. The molecule has 0 amide bonds. The van der Waals surface area contributed by atoms with Crippen LogP contribution in [0, 0.1) is 0 Å². The number of aromatic nitrogens is 4. The van der Waals surface area contributed by atoms with E-state index in [1.807, 2.05) is 35.0 Å². The van der Waals surface area contributed by atoms with Crippen molar-refractivity contribution >= 4 is 0 Å². The lowest BCUT2D eigenvalue weighted by Crippen LogP contribution is -2.46. The summed E-state index contributed by atoms with van der Waals surface area (Å²) in [6, 6.07) is 16.1. The summed E-state index contributed by atoms with van der Waals surface area (Å²) in [7, 11) is 5.50. The average molecular weight is 409 g/mol. The number of tetrazole rings is 1. The number of nitrogens with zero attached hydrogens (tertiary/aromatic N) is 6. The monoisotopic (exact) mass is 408 g/mol. The number of rotatable bonds is 7. The van der Waals surface area contributed by atoms with Crippen molar-refractivity contribution in [1.82, 2.24) is 30.0 Å². The largest absolute Gasteiger partial charge is 0.497 e. The molecule has 0 spiro atoms. The molecular weight excluding hydrogens is 380 g/mol. The molecule has 2 heterocycles. The van der Waals surface area contributed by atoms with Gasteiger partial charge >= 0.3 is 0 Å². The second-order valence-corrected chi connectivity index (χ2v) is 7.53. The molecule has 1 aliphatic rings. The van der Waals surface area contributed by atoms with Gasteiger partial charge in [0.25, 0.3) is 0 Å². The molecule has 158 valence electrons. The van der Waals surface area contributed by atoms with E-state index < -0.39 is 0 Å². The molecule has 1 aromatic heterocycles. The van der Waals surface area contributed by atoms with Crippen LogP contribution in [0.5, 0.6) is 11.5 Å². The first-order chi connectivity index (χ1) is 14.7. The fourth-order valence-corrected chi connectivity index (χ4v) is 3.90. The fourth-order valence-electron chi connectivity index (χ4n) is 3.90. The van der Waals surface area contributed by atoms with E-state index in [4.69, 9.17) is 9.47 Å². The molecule has 0 saturated carbocycles. The summed E-state index contributed by atoms with van der Waals surface area (Å²) in [6.45, 7) is 4.46. The van der Waals surface area contributed by atoms with Gasteiger partial charge in [-0.15, -0.1) is 5.10 Å². The summed E-state index contributed by atoms with van der Waals surface area (Å²) in [5.41, 5.74) is 2.19. The molecule has 30 heavy (non-hydrogen) atoms. The molecule has 1 fully saturated rings. The maximum atomic E-state index is 5.74. The van der Waals surface area contributed by atoms with E-state index >= 15 is 0 Å². The van der Waals surface area contributed by atoms with Crippen molar-refractivity contribution in [2.24, 2.45) is 0 Å². The molecule has 2 aromatic carbocycles. The Hall–Kier alpha value is -2.97. The third-order valence-corrected chi connectivity index (χ3v) is 5.62. The summed E-state index contributed by atoms with van der Waals surface area (Å²) in [5, 5.41) is 12.8. The van der Waals surface area contributed by atoms with Crippen molar-refractivity contribution in [3.8, 4) is 11.5 Å². The first-order valence-corrected chi connectivity index (χ1v) is 10.1. The number of benzene rings is 2. The van der Waals surface area contributed by atoms with Gasteiger partial charge in [-0.3, -0.25) is 4.90 Å². The van der Waals surface area contributed by atoms with Crippen molar-refractivity contribution in [1.29, 1.82) is 0 Å². The SMILES string of the molecule is COc1ccc([C@@H](c2nnnn2Cc2ccccc2)N2CCN(C)CC2)c(OC)c1. The van der Waals surface area contributed by atoms with Crippen LogP contribution in [-0.4, -0.2) is 77.5 Å². The highest BCUT2D eigenvalue weighted by atomic mass is 16.5. The van der Waals surface area contributed by atoms with Crippen LogP contribution in [0.25, 0.3) is 0 Å². The zero-order valence-electron chi connectivity index (χ0n) is 17.7. The van der Waals surface area contributed by atoms with Crippen molar-refractivity contribution in [2.75, 3.05) is 47.4 Å². The Morgan fingerprint density at radius 1 is 0.967 bits per heavy atom. The summed E-state index contributed by atoms with van der Waals surface area (Å²) in [6.07, 6.45) is 0. The molecule has 0 radical (unpaired) electrons. The number of hydrogen-bond acceptors (Lipinski definition) is 7. The van der Waals surface area contributed by atoms with Gasteiger partial charge in [-0.1, -0.05) is 30.3 Å². The van der Waals surface area contributed by atoms with Gasteiger partial charge in [0.15, 0.2) is 5.82 Å². The molecule has 8 heteroatoms. The van der Waals surface area contributed by atoms with Gasteiger partial charge in [0.05, 0.1) is 20.8 Å². The van der Waals surface area contributed by atoms with E-state index in [-0.39, 0.29) is 6.04 Å². The number of piperazine rings is 1. The van der Waals surface area contributed by atoms with Crippen LogP contribution in [0.1, 0.15) is 23.0 Å². The minimum atomic E-state index is -0.113. The molecule has 0 aliphatic carbocycles.